The first-order valence-electron chi connectivity index (χ1n) is 16.9. The summed E-state index contributed by atoms with van der Waals surface area (Å²) in [5, 5.41) is 0. The van der Waals surface area contributed by atoms with Gasteiger partial charge in [0.2, 0.25) is 17.7 Å². The quantitative estimate of drug-likeness (QED) is 0.417. The standard InChI is InChI=1S/C35H47N7O5/c1-27-24-28(2)42(35(46)37-27)26-33(45)38-16-6-7-17-40(32(44)13-20-39-15-5-3-4-12-31(39)43)22-23-47-30-11-8-10-29(25-30)34-36-14-21-41(34)19-9-18-38/h8,10-11,14,21,24-25H,3-7,9,12-13,15-20,22-23,26H2,1-2H3. The molecule has 0 N–H and O–H groups in total. The monoisotopic (exact) mass is 645 g/mol. The predicted molar refractivity (Wildman–Crippen MR) is 178 cm³/mol. The third kappa shape index (κ3) is 9.30. The fourth-order valence-electron chi connectivity index (χ4n) is 6.37. The Bertz CT molecular complexity index is 1600. The van der Waals surface area contributed by atoms with Crippen molar-refractivity contribution in [3.8, 4) is 17.1 Å². The summed E-state index contributed by atoms with van der Waals surface area (Å²) >= 11 is 0. The Labute approximate surface area is 276 Å². The maximum atomic E-state index is 13.6. The molecule has 0 saturated carbocycles. The molecule has 3 amide bonds. The highest BCUT2D eigenvalue weighted by Gasteiger charge is 2.21. The highest BCUT2D eigenvalue weighted by molar-refractivity contribution is 5.79. The second kappa shape index (κ2) is 16.4. The minimum absolute atomic E-state index is 0.00556. The number of hydrogen-bond acceptors (Lipinski definition) is 7. The number of hydrogen-bond donors (Lipinski definition) is 0. The van der Waals surface area contributed by atoms with Crippen LogP contribution in [-0.4, -0.2) is 97.4 Å². The van der Waals surface area contributed by atoms with E-state index in [1.54, 1.807) is 19.2 Å². The molecule has 0 radical (unpaired) electrons. The van der Waals surface area contributed by atoms with Crippen LogP contribution in [0.1, 0.15) is 62.8 Å². The fraction of sp³-hybridized carbons (Fsp3) is 0.543. The average molecular weight is 646 g/mol. The van der Waals surface area contributed by atoms with E-state index in [2.05, 4.69) is 14.5 Å². The van der Waals surface area contributed by atoms with Gasteiger partial charge in [-0.1, -0.05) is 18.6 Å². The molecular weight excluding hydrogens is 598 g/mol. The number of carbonyl (C=O) groups is 3. The summed E-state index contributed by atoms with van der Waals surface area (Å²) in [6.07, 6.45) is 9.55. The van der Waals surface area contributed by atoms with E-state index in [1.165, 1.54) is 4.57 Å². The predicted octanol–water partition coefficient (Wildman–Crippen LogP) is 3.44. The van der Waals surface area contributed by atoms with E-state index in [0.29, 0.717) is 95.2 Å². The zero-order valence-electron chi connectivity index (χ0n) is 27.7. The van der Waals surface area contributed by atoms with Crippen LogP contribution in [0.3, 0.4) is 0 Å². The zero-order chi connectivity index (χ0) is 33.2. The normalized spacial score (nSPS) is 17.0. The smallest absolute Gasteiger partial charge is 0.348 e. The van der Waals surface area contributed by atoms with E-state index < -0.39 is 5.69 Å². The van der Waals surface area contributed by atoms with E-state index >= 15 is 0 Å². The highest BCUT2D eigenvalue weighted by Crippen LogP contribution is 2.23. The molecule has 2 bridgehead atoms. The molecule has 47 heavy (non-hydrogen) atoms. The van der Waals surface area contributed by atoms with Gasteiger partial charge >= 0.3 is 5.69 Å². The van der Waals surface area contributed by atoms with Crippen molar-refractivity contribution in [2.75, 3.05) is 45.9 Å². The molecule has 1 saturated heterocycles. The number of amides is 3. The Morgan fingerprint density at radius 3 is 2.43 bits per heavy atom. The van der Waals surface area contributed by atoms with Crippen LogP contribution in [0.5, 0.6) is 5.75 Å². The number of rotatable bonds is 5. The van der Waals surface area contributed by atoms with Gasteiger partial charge in [0.05, 0.1) is 6.54 Å². The zero-order valence-corrected chi connectivity index (χ0v) is 27.7. The summed E-state index contributed by atoms with van der Waals surface area (Å²) in [7, 11) is 0. The van der Waals surface area contributed by atoms with Gasteiger partial charge in [-0.05, 0) is 64.2 Å². The van der Waals surface area contributed by atoms with E-state index in [9.17, 15) is 19.2 Å². The van der Waals surface area contributed by atoms with Crippen LogP contribution in [0.25, 0.3) is 11.4 Å². The minimum atomic E-state index is -0.426. The number of aromatic nitrogens is 4. The van der Waals surface area contributed by atoms with Crippen molar-refractivity contribution in [2.24, 2.45) is 0 Å². The summed E-state index contributed by atoms with van der Waals surface area (Å²) in [5.74, 6) is 1.50. The fourth-order valence-corrected chi connectivity index (χ4v) is 6.37. The minimum Gasteiger partial charge on any atom is -0.492 e. The van der Waals surface area contributed by atoms with E-state index in [0.717, 1.165) is 30.7 Å². The molecule has 0 aliphatic carbocycles. The van der Waals surface area contributed by atoms with Crippen molar-refractivity contribution in [3.63, 3.8) is 0 Å². The number of nitrogens with zero attached hydrogens (tertiary/aromatic N) is 7. The average Bonchev–Trinajstić information content (AvgIpc) is 3.42. The van der Waals surface area contributed by atoms with Crippen molar-refractivity contribution >= 4 is 17.7 Å². The molecular formula is C35H47N7O5. The molecule has 0 unspecified atom stereocenters. The molecule has 0 spiro atoms. The molecule has 12 heteroatoms. The SMILES string of the molecule is Cc1cc(C)n(CC(=O)N2CCCCN(C(=O)CCN3CCCCCC3=O)CCOc3cccc(c3)-c3nccn3CCC2)c(=O)n1. The largest absolute Gasteiger partial charge is 0.492 e. The molecule has 4 heterocycles. The van der Waals surface area contributed by atoms with Gasteiger partial charge < -0.3 is 24.0 Å². The van der Waals surface area contributed by atoms with Crippen LogP contribution in [0.4, 0.5) is 0 Å². The van der Waals surface area contributed by atoms with Crippen LogP contribution >= 0.6 is 0 Å². The Hall–Kier alpha value is -4.48. The lowest BCUT2D eigenvalue weighted by molar-refractivity contribution is -0.135. The van der Waals surface area contributed by atoms with Gasteiger partial charge in [-0.25, -0.2) is 9.78 Å². The summed E-state index contributed by atoms with van der Waals surface area (Å²) in [6, 6.07) is 9.59. The summed E-state index contributed by atoms with van der Waals surface area (Å²) < 4.78 is 9.62. The maximum Gasteiger partial charge on any atom is 0.348 e. The maximum absolute atomic E-state index is 13.6. The molecule has 3 aromatic rings. The van der Waals surface area contributed by atoms with Crippen molar-refractivity contribution < 1.29 is 19.1 Å². The van der Waals surface area contributed by atoms with Crippen LogP contribution in [0.15, 0.2) is 47.5 Å². The van der Waals surface area contributed by atoms with Crippen molar-refractivity contribution in [1.82, 2.24) is 33.8 Å². The first kappa shape index (κ1) is 33.9. The van der Waals surface area contributed by atoms with Gasteiger partial charge in [0.1, 0.15) is 24.7 Å². The lowest BCUT2D eigenvalue weighted by atomic mass is 10.2. The Morgan fingerprint density at radius 2 is 1.62 bits per heavy atom. The van der Waals surface area contributed by atoms with Crippen LogP contribution in [-0.2, 0) is 27.5 Å². The van der Waals surface area contributed by atoms with Crippen molar-refractivity contribution in [3.05, 3.63) is 64.6 Å². The molecule has 2 aliphatic heterocycles. The second-order valence-corrected chi connectivity index (χ2v) is 12.5. The molecule has 1 fully saturated rings. The summed E-state index contributed by atoms with van der Waals surface area (Å²) in [6.45, 7) is 7.59. The second-order valence-electron chi connectivity index (χ2n) is 12.5. The van der Waals surface area contributed by atoms with E-state index in [4.69, 9.17) is 4.74 Å². The third-order valence-electron chi connectivity index (χ3n) is 8.98. The molecule has 2 aliphatic rings. The molecule has 12 nitrogen and oxygen atoms in total. The van der Waals surface area contributed by atoms with Gasteiger partial charge in [0.15, 0.2) is 0 Å². The van der Waals surface area contributed by atoms with Crippen LogP contribution < -0.4 is 10.4 Å². The van der Waals surface area contributed by atoms with Crippen molar-refractivity contribution in [1.29, 1.82) is 0 Å². The van der Waals surface area contributed by atoms with Gasteiger partial charge in [0.25, 0.3) is 0 Å². The number of likely N-dealkylation sites (tertiary alicyclic amines) is 1. The summed E-state index contributed by atoms with van der Waals surface area (Å²) in [4.78, 5) is 66.3. The summed E-state index contributed by atoms with van der Waals surface area (Å²) in [5.41, 5.74) is 1.82. The number of aryl methyl sites for hydroxylation is 3. The first-order valence-corrected chi connectivity index (χ1v) is 16.9. The van der Waals surface area contributed by atoms with Gasteiger partial charge in [-0.3, -0.25) is 19.0 Å². The number of ether oxygens (including phenoxy) is 1. The molecule has 5 rings (SSSR count). The lowest BCUT2D eigenvalue weighted by Crippen LogP contribution is -2.40. The van der Waals surface area contributed by atoms with Gasteiger partial charge in [-0.2, -0.15) is 4.98 Å². The topological polar surface area (TPSA) is 123 Å². The Morgan fingerprint density at radius 1 is 0.851 bits per heavy atom. The number of imidazole rings is 1. The molecule has 1 aromatic carbocycles. The van der Waals surface area contributed by atoms with E-state index in [-0.39, 0.29) is 30.7 Å². The first-order chi connectivity index (χ1) is 22.8. The van der Waals surface area contributed by atoms with Gasteiger partial charge in [-0.15, -0.1) is 0 Å². The third-order valence-corrected chi connectivity index (χ3v) is 8.98. The number of fused-ring (bicyclic) bond motifs is 4. The lowest BCUT2D eigenvalue weighted by Gasteiger charge is -2.27. The molecule has 0 atom stereocenters. The van der Waals surface area contributed by atoms with Gasteiger partial charge in [0, 0.05) is 81.5 Å². The van der Waals surface area contributed by atoms with Crippen LogP contribution in [0.2, 0.25) is 0 Å². The van der Waals surface area contributed by atoms with E-state index in [1.807, 2.05) is 52.1 Å². The molecule has 2 aromatic heterocycles. The Balaban J connectivity index is 1.31. The van der Waals surface area contributed by atoms with Crippen LogP contribution in [0, 0.1) is 13.8 Å². The highest BCUT2D eigenvalue weighted by atomic mass is 16.5. The number of benzene rings is 1. The molecule has 252 valence electrons. The Kier molecular flexibility index (Phi) is 11.8. The number of carbonyl (C=O) groups excluding carboxylic acids is 3. The van der Waals surface area contributed by atoms with Crippen molar-refractivity contribution in [2.45, 2.75) is 78.3 Å².